The molecule has 1 unspecified atom stereocenters. The fraction of sp³-hybridized carbons (Fsp3) is 0.273. The van der Waals surface area contributed by atoms with Crippen molar-refractivity contribution in [3.8, 4) is 11.4 Å². The second-order valence-electron chi connectivity index (χ2n) is 7.64. The molecule has 3 aromatic rings. The number of amides is 2. The fourth-order valence-electron chi connectivity index (χ4n) is 3.60. The number of benzene rings is 2. The van der Waals surface area contributed by atoms with Crippen molar-refractivity contribution in [2.75, 3.05) is 14.1 Å². The number of alkyl halides is 3. The summed E-state index contributed by atoms with van der Waals surface area (Å²) in [6.45, 7) is 0.273. The minimum Gasteiger partial charge on any atom is -0.349 e. The molecule has 1 atom stereocenters. The second kappa shape index (κ2) is 8.10. The van der Waals surface area contributed by atoms with E-state index in [1.165, 1.54) is 11.0 Å². The van der Waals surface area contributed by atoms with Gasteiger partial charge in [-0.3, -0.25) is 9.59 Å². The number of hydrogen-bond acceptors (Lipinski definition) is 5. The molecule has 0 radical (unpaired) electrons. The van der Waals surface area contributed by atoms with Crippen LogP contribution in [0.3, 0.4) is 0 Å². The largest absolute Gasteiger partial charge is 0.471 e. The van der Waals surface area contributed by atoms with Gasteiger partial charge in [0.05, 0.1) is 12.5 Å². The lowest BCUT2D eigenvalue weighted by Crippen LogP contribution is -2.34. The first-order valence-corrected chi connectivity index (χ1v) is 9.75. The standard InChI is InChI=1S/C22H19F3N4O3/c1-28(2)18(30)11-17(13-6-4-3-5-7-13)29-12-15-9-8-14(10-16(15)20(29)31)19-26-21(32-27-19)22(23,24)25/h3-10,17H,11-12H2,1-2H3. The molecule has 0 N–H and O–H groups in total. The van der Waals surface area contributed by atoms with E-state index in [9.17, 15) is 22.8 Å². The average Bonchev–Trinajstić information content (AvgIpc) is 3.38. The van der Waals surface area contributed by atoms with Gasteiger partial charge < -0.3 is 14.3 Å². The first kappa shape index (κ1) is 21.5. The smallest absolute Gasteiger partial charge is 0.349 e. The SMILES string of the molecule is CN(C)C(=O)CC(c1ccccc1)N1Cc2ccc(-c3noc(C(F)(F)F)n3)cc2C1=O. The van der Waals surface area contributed by atoms with E-state index in [0.717, 1.165) is 5.56 Å². The topological polar surface area (TPSA) is 79.5 Å². The summed E-state index contributed by atoms with van der Waals surface area (Å²) in [5.41, 5.74) is 2.09. The molecule has 1 aliphatic heterocycles. The third-order valence-corrected chi connectivity index (χ3v) is 5.30. The van der Waals surface area contributed by atoms with Gasteiger partial charge in [0.25, 0.3) is 5.91 Å². The molecule has 2 amide bonds. The van der Waals surface area contributed by atoms with Gasteiger partial charge in [0.1, 0.15) is 0 Å². The molecule has 2 heterocycles. The van der Waals surface area contributed by atoms with Crippen molar-refractivity contribution in [1.29, 1.82) is 0 Å². The second-order valence-corrected chi connectivity index (χ2v) is 7.64. The van der Waals surface area contributed by atoms with Crippen molar-refractivity contribution < 1.29 is 27.3 Å². The van der Waals surface area contributed by atoms with Crippen molar-refractivity contribution >= 4 is 11.8 Å². The number of aromatic nitrogens is 2. The summed E-state index contributed by atoms with van der Waals surface area (Å²) in [7, 11) is 3.30. The zero-order valence-electron chi connectivity index (χ0n) is 17.3. The maximum atomic E-state index is 13.3. The Balaban J connectivity index is 1.65. The van der Waals surface area contributed by atoms with Gasteiger partial charge in [-0.2, -0.15) is 18.2 Å². The van der Waals surface area contributed by atoms with Gasteiger partial charge in [-0.15, -0.1) is 0 Å². The fourth-order valence-corrected chi connectivity index (χ4v) is 3.60. The molecule has 0 saturated carbocycles. The van der Waals surface area contributed by atoms with Crippen LogP contribution in [0.15, 0.2) is 53.1 Å². The van der Waals surface area contributed by atoms with Gasteiger partial charge in [-0.05, 0) is 17.2 Å². The van der Waals surface area contributed by atoms with E-state index < -0.39 is 18.1 Å². The third kappa shape index (κ3) is 4.08. The molecule has 0 bridgehead atoms. The lowest BCUT2D eigenvalue weighted by Gasteiger charge is -2.29. The molecule has 2 aromatic carbocycles. The highest BCUT2D eigenvalue weighted by atomic mass is 19.4. The third-order valence-electron chi connectivity index (χ3n) is 5.30. The number of halogens is 3. The van der Waals surface area contributed by atoms with Crippen molar-refractivity contribution in [3.05, 3.63) is 71.1 Å². The Morgan fingerprint density at radius 3 is 2.53 bits per heavy atom. The lowest BCUT2D eigenvalue weighted by molar-refractivity contribution is -0.159. The van der Waals surface area contributed by atoms with Gasteiger partial charge in [0, 0.05) is 31.8 Å². The van der Waals surface area contributed by atoms with E-state index in [0.29, 0.717) is 11.1 Å². The number of rotatable bonds is 5. The maximum Gasteiger partial charge on any atom is 0.471 e. The minimum absolute atomic E-state index is 0.101. The van der Waals surface area contributed by atoms with Crippen LogP contribution in [-0.4, -0.2) is 45.9 Å². The lowest BCUT2D eigenvalue weighted by atomic mass is 10.0. The van der Waals surface area contributed by atoms with Crippen molar-refractivity contribution in [2.24, 2.45) is 0 Å². The van der Waals surface area contributed by atoms with Crippen LogP contribution in [0.2, 0.25) is 0 Å². The molecule has 0 saturated heterocycles. The quantitative estimate of drug-likeness (QED) is 0.596. The Morgan fingerprint density at radius 1 is 1.19 bits per heavy atom. The highest BCUT2D eigenvalue weighted by molar-refractivity contribution is 6.00. The number of hydrogen-bond donors (Lipinski definition) is 0. The molecule has 10 heteroatoms. The summed E-state index contributed by atoms with van der Waals surface area (Å²) < 4.78 is 42.6. The molecule has 0 spiro atoms. The summed E-state index contributed by atoms with van der Waals surface area (Å²) in [5, 5.41) is 3.38. The van der Waals surface area contributed by atoms with Gasteiger partial charge >= 0.3 is 12.1 Å². The van der Waals surface area contributed by atoms with E-state index in [1.807, 2.05) is 30.3 Å². The minimum atomic E-state index is -4.75. The number of nitrogens with zero attached hydrogens (tertiary/aromatic N) is 4. The molecular weight excluding hydrogens is 425 g/mol. The molecule has 7 nitrogen and oxygen atoms in total. The summed E-state index contributed by atoms with van der Waals surface area (Å²) >= 11 is 0. The highest BCUT2D eigenvalue weighted by Gasteiger charge is 2.39. The van der Waals surface area contributed by atoms with Crippen LogP contribution in [0.4, 0.5) is 13.2 Å². The van der Waals surface area contributed by atoms with Crippen LogP contribution in [0.1, 0.15) is 39.8 Å². The first-order valence-electron chi connectivity index (χ1n) is 9.75. The Labute approximate surface area is 181 Å². The highest BCUT2D eigenvalue weighted by Crippen LogP contribution is 2.36. The molecule has 0 aliphatic carbocycles. The zero-order valence-corrected chi connectivity index (χ0v) is 17.3. The van der Waals surface area contributed by atoms with E-state index in [2.05, 4.69) is 14.7 Å². The predicted molar refractivity (Wildman–Crippen MR) is 107 cm³/mol. The molecule has 1 aromatic heterocycles. The Hall–Kier alpha value is -3.69. The zero-order chi connectivity index (χ0) is 23.0. The summed E-state index contributed by atoms with van der Waals surface area (Å²) in [6.07, 6.45) is -4.65. The van der Waals surface area contributed by atoms with Crippen LogP contribution >= 0.6 is 0 Å². The monoisotopic (exact) mass is 444 g/mol. The Morgan fingerprint density at radius 2 is 1.91 bits per heavy atom. The van der Waals surface area contributed by atoms with Gasteiger partial charge in [-0.25, -0.2) is 0 Å². The van der Waals surface area contributed by atoms with Crippen molar-refractivity contribution in [1.82, 2.24) is 19.9 Å². The molecule has 1 aliphatic rings. The van der Waals surface area contributed by atoms with Gasteiger partial charge in [0.2, 0.25) is 11.7 Å². The van der Waals surface area contributed by atoms with Crippen LogP contribution in [0, 0.1) is 0 Å². The normalized spacial score (nSPS) is 14.4. The van der Waals surface area contributed by atoms with Crippen molar-refractivity contribution in [2.45, 2.75) is 25.2 Å². The average molecular weight is 444 g/mol. The van der Waals surface area contributed by atoms with Gasteiger partial charge in [0.15, 0.2) is 0 Å². The van der Waals surface area contributed by atoms with Crippen LogP contribution in [-0.2, 0) is 17.5 Å². The van der Waals surface area contributed by atoms with Gasteiger partial charge in [-0.1, -0.05) is 47.6 Å². The molecular formula is C22H19F3N4O3. The number of carbonyl (C=O) groups is 2. The van der Waals surface area contributed by atoms with E-state index in [1.54, 1.807) is 31.1 Å². The van der Waals surface area contributed by atoms with E-state index in [-0.39, 0.29) is 36.2 Å². The predicted octanol–water partition coefficient (Wildman–Crippen LogP) is 3.93. The summed E-state index contributed by atoms with van der Waals surface area (Å²) in [6, 6.07) is 13.4. The molecule has 32 heavy (non-hydrogen) atoms. The molecule has 166 valence electrons. The van der Waals surface area contributed by atoms with E-state index >= 15 is 0 Å². The van der Waals surface area contributed by atoms with Crippen LogP contribution in [0.25, 0.3) is 11.4 Å². The van der Waals surface area contributed by atoms with Crippen LogP contribution < -0.4 is 0 Å². The summed E-state index contributed by atoms with van der Waals surface area (Å²) in [4.78, 5) is 32.2. The van der Waals surface area contributed by atoms with Crippen LogP contribution in [0.5, 0.6) is 0 Å². The molecule has 4 rings (SSSR count). The Kier molecular flexibility index (Phi) is 5.45. The van der Waals surface area contributed by atoms with E-state index in [4.69, 9.17) is 0 Å². The first-order chi connectivity index (χ1) is 15.1. The number of carbonyl (C=O) groups excluding carboxylic acids is 2. The summed E-state index contributed by atoms with van der Waals surface area (Å²) in [5.74, 6) is -2.15. The molecule has 0 fully saturated rings. The maximum absolute atomic E-state index is 13.3. The number of fused-ring (bicyclic) bond motifs is 1. The Bertz CT molecular complexity index is 1160. The van der Waals surface area contributed by atoms with Crippen molar-refractivity contribution in [3.63, 3.8) is 0 Å².